The van der Waals surface area contributed by atoms with E-state index in [1.165, 1.54) is 0 Å². The Labute approximate surface area is 117 Å². The predicted molar refractivity (Wildman–Crippen MR) is 66.2 cm³/mol. The fourth-order valence-electron chi connectivity index (χ4n) is 1.06. The second-order valence-electron chi connectivity index (χ2n) is 3.64. The van der Waals surface area contributed by atoms with Gasteiger partial charge in [-0.15, -0.1) is 0 Å². The number of rotatable bonds is 8. The van der Waals surface area contributed by atoms with E-state index in [1.807, 2.05) is 0 Å². The first-order chi connectivity index (χ1) is 8.38. The van der Waals surface area contributed by atoms with Crippen molar-refractivity contribution >= 4 is 5.42 Å². The minimum atomic E-state index is 0. The second kappa shape index (κ2) is 10.5. The summed E-state index contributed by atoms with van der Waals surface area (Å²) >= 11 is 2.69. The van der Waals surface area contributed by atoms with Crippen LogP contribution in [0.25, 0.3) is 4.85 Å². The third-order valence-electron chi connectivity index (χ3n) is 2.13. The molecule has 2 saturated heterocycles. The van der Waals surface area contributed by atoms with Crippen molar-refractivity contribution in [3.8, 4) is 6.57 Å². The van der Waals surface area contributed by atoms with Crippen molar-refractivity contribution in [1.82, 2.24) is 0 Å². The second-order valence-corrected chi connectivity index (χ2v) is 3.64. The van der Waals surface area contributed by atoms with Gasteiger partial charge in [-0.05, 0) is 0 Å². The van der Waals surface area contributed by atoms with Crippen LogP contribution in [0.2, 0.25) is 0 Å². The normalized spacial score (nSPS) is 22.8. The molecule has 2 unspecified atom stereocenters. The van der Waals surface area contributed by atoms with Crippen LogP contribution in [-0.4, -0.2) is 57.3 Å². The van der Waals surface area contributed by atoms with E-state index in [4.69, 9.17) is 25.5 Å². The average molecular weight is 297 g/mol. The van der Waals surface area contributed by atoms with E-state index in [2.05, 4.69) is 25.8 Å². The van der Waals surface area contributed by atoms with Gasteiger partial charge in [0.25, 0.3) is 0 Å². The summed E-state index contributed by atoms with van der Waals surface area (Å²) in [6.07, 6.45) is 0.537. The molecule has 0 spiro atoms. The summed E-state index contributed by atoms with van der Waals surface area (Å²) in [5.41, 5.74) is 3.06. The van der Waals surface area contributed by atoms with Crippen LogP contribution in [0.1, 0.15) is 0 Å². The van der Waals surface area contributed by atoms with Crippen molar-refractivity contribution in [3.63, 3.8) is 0 Å². The Hall–Kier alpha value is -0.411. The maximum Gasteiger partial charge on any atom is -0.358 e. The van der Waals surface area contributed by atoms with E-state index >= 15 is 0 Å². The monoisotopic (exact) mass is 297 g/mol. The molecule has 2 aliphatic heterocycles. The summed E-state index contributed by atoms with van der Waals surface area (Å²) < 4.78 is 20.7. The molecule has 0 saturated carbocycles. The Bertz CT molecular complexity index is 233. The van der Waals surface area contributed by atoms with E-state index in [1.54, 1.807) is 0 Å². The molecule has 0 N–H and O–H groups in total. The van der Waals surface area contributed by atoms with Crippen molar-refractivity contribution in [1.29, 1.82) is 0 Å². The van der Waals surface area contributed by atoms with Gasteiger partial charge in [0.05, 0.1) is 39.6 Å². The molecule has 105 valence electrons. The molecule has 0 aliphatic carbocycles. The van der Waals surface area contributed by atoms with Gasteiger partial charge >= 0.3 is 21.0 Å². The molecule has 2 heterocycles. The third kappa shape index (κ3) is 8.65. The number of nitrogens with zero attached hydrogens (tertiary/aromatic N) is 1. The molecule has 0 bridgehead atoms. The zero-order valence-electron chi connectivity index (χ0n) is 10.6. The molecular weight excluding hydrogens is 277 g/mol. The summed E-state index contributed by atoms with van der Waals surface area (Å²) in [6, 6.07) is 0.705. The number of hydrogen-bond donors (Lipinski definition) is 0. The van der Waals surface area contributed by atoms with Crippen LogP contribution < -0.4 is 0 Å². The molecule has 0 amide bonds. The standard InChI is InChI=1S/C10H15NO4.CH3.CH2.Mn/c1-11-8(2-12-4-9-6-14-9)3-13-5-10-7-15-10;;;/h1,9-10H,2-7H2;1H3;1H2;/q;-1;;. The zero-order chi connectivity index (χ0) is 12.5. The van der Waals surface area contributed by atoms with Gasteiger partial charge < -0.3 is 26.4 Å². The topological polar surface area (TPSA) is 47.9 Å². The molecule has 2 atom stereocenters. The first-order valence-corrected chi connectivity index (χ1v) is 6.13. The molecular formula is C12H20MnNO4-. The molecule has 18 heavy (non-hydrogen) atoms. The van der Waals surface area contributed by atoms with E-state index < -0.39 is 0 Å². The first kappa shape index (κ1) is 17.6. The number of epoxide rings is 2. The summed E-state index contributed by atoms with van der Waals surface area (Å²) in [4.78, 5) is 3.61. The summed E-state index contributed by atoms with van der Waals surface area (Å²) in [5.74, 6) is 0. The first-order valence-electron chi connectivity index (χ1n) is 5.29. The van der Waals surface area contributed by atoms with Gasteiger partial charge in [0.2, 0.25) is 0 Å². The van der Waals surface area contributed by atoms with Crippen LogP contribution in [0, 0.1) is 20.0 Å². The van der Waals surface area contributed by atoms with E-state index in [0.29, 0.717) is 32.5 Å². The Balaban J connectivity index is 0.000000917. The third-order valence-corrected chi connectivity index (χ3v) is 2.13. The van der Waals surface area contributed by atoms with Gasteiger partial charge in [0.1, 0.15) is 12.2 Å². The molecule has 0 aromatic carbocycles. The minimum absolute atomic E-state index is 0. The predicted octanol–water partition coefficient (Wildman–Crippen LogP) is 0.727. The quantitative estimate of drug-likeness (QED) is 0.376. The number of hydrogen-bond acceptors (Lipinski definition) is 4. The molecule has 0 aromatic heterocycles. The molecule has 2 rings (SSSR count). The molecule has 2 fully saturated rings. The van der Waals surface area contributed by atoms with E-state index in [9.17, 15) is 0 Å². The van der Waals surface area contributed by atoms with Gasteiger partial charge in [0, 0.05) is 6.57 Å². The van der Waals surface area contributed by atoms with Crippen molar-refractivity contribution in [2.45, 2.75) is 12.2 Å². The summed E-state index contributed by atoms with van der Waals surface area (Å²) in [7, 11) is 0. The molecule has 0 radical (unpaired) electrons. The van der Waals surface area contributed by atoms with Gasteiger partial charge in [0.15, 0.2) is 6.04 Å². The Morgan fingerprint density at radius 2 is 1.56 bits per heavy atom. The molecule has 6 heteroatoms. The van der Waals surface area contributed by atoms with Crippen molar-refractivity contribution in [2.24, 2.45) is 0 Å². The molecule has 5 nitrogen and oxygen atoms in total. The summed E-state index contributed by atoms with van der Waals surface area (Å²) in [6.45, 7) is 8.81. The minimum Gasteiger partial charge on any atom is -0.358 e. The van der Waals surface area contributed by atoms with Crippen molar-refractivity contribution in [3.05, 3.63) is 18.3 Å². The Morgan fingerprint density at radius 3 is 1.83 bits per heavy atom. The van der Waals surface area contributed by atoms with E-state index in [-0.39, 0.29) is 19.6 Å². The van der Waals surface area contributed by atoms with Gasteiger partial charge in [-0.25, -0.2) is 4.85 Å². The Kier molecular flexibility index (Phi) is 10.3. The molecule has 0 aromatic rings. The van der Waals surface area contributed by atoms with Crippen LogP contribution >= 0.6 is 0 Å². The average Bonchev–Trinajstić information content (AvgIpc) is 3.24. The van der Waals surface area contributed by atoms with Crippen LogP contribution in [0.5, 0.6) is 0 Å². The smallest absolute Gasteiger partial charge is 0.358 e. The van der Waals surface area contributed by atoms with Crippen LogP contribution in [0.15, 0.2) is 0 Å². The fraction of sp³-hybridized carbons (Fsp3) is 0.667. The van der Waals surface area contributed by atoms with Gasteiger partial charge in [-0.2, -0.15) is 0 Å². The van der Waals surface area contributed by atoms with Gasteiger partial charge in [-0.3, -0.25) is 0 Å². The zero-order valence-corrected chi connectivity index (χ0v) is 11.8. The van der Waals surface area contributed by atoms with Crippen LogP contribution in [0.4, 0.5) is 0 Å². The maximum atomic E-state index is 5.34. The molecule has 2 aliphatic rings. The van der Waals surface area contributed by atoms with Crippen LogP contribution in [0.3, 0.4) is 0 Å². The van der Waals surface area contributed by atoms with Crippen molar-refractivity contribution in [2.75, 3.05) is 39.6 Å². The van der Waals surface area contributed by atoms with Crippen LogP contribution in [-0.2, 0) is 34.5 Å². The Morgan fingerprint density at radius 1 is 1.17 bits per heavy atom. The van der Waals surface area contributed by atoms with Gasteiger partial charge in [-0.1, -0.05) is 0 Å². The number of ether oxygens (including phenoxy) is 4. The maximum absolute atomic E-state index is 5.34. The van der Waals surface area contributed by atoms with Crippen molar-refractivity contribution < 1.29 is 34.5 Å². The fourth-order valence-corrected chi connectivity index (χ4v) is 1.06. The largest absolute Gasteiger partial charge is 0.358 e. The summed E-state index contributed by atoms with van der Waals surface area (Å²) in [5, 5.41) is 0. The SMILES string of the molecule is C#[N+][C-](COCC1CO1)COCC1CO1.[CH2]=[Mn].[CH3-]. The van der Waals surface area contributed by atoms with E-state index in [0.717, 1.165) is 13.2 Å².